The van der Waals surface area contributed by atoms with Crippen molar-refractivity contribution in [3.63, 3.8) is 0 Å². The summed E-state index contributed by atoms with van der Waals surface area (Å²) in [6.45, 7) is 12.0. The predicted octanol–water partition coefficient (Wildman–Crippen LogP) is 3.71. The van der Waals surface area contributed by atoms with E-state index in [-0.39, 0.29) is 11.2 Å². The number of hydrogen-bond donors (Lipinski definition) is 0. The number of carbonyl (C=O) groups is 1. The number of carbonyl (C=O) groups excluding carboxylic acids is 1. The topological polar surface area (TPSA) is 17.1 Å². The Morgan fingerprint density at radius 3 is 2.56 bits per heavy atom. The van der Waals surface area contributed by atoms with Crippen LogP contribution in [0.1, 0.15) is 46.5 Å². The number of benzene rings is 1. The van der Waals surface area contributed by atoms with Crippen LogP contribution in [0, 0.1) is 19.3 Å². The van der Waals surface area contributed by atoms with Gasteiger partial charge in [0.05, 0.1) is 0 Å². The summed E-state index contributed by atoms with van der Waals surface area (Å²) in [6, 6.07) is 2.14. The summed E-state index contributed by atoms with van der Waals surface area (Å²) in [4.78, 5) is 12.3. The van der Waals surface area contributed by atoms with Crippen molar-refractivity contribution >= 4 is 11.9 Å². The Morgan fingerprint density at radius 1 is 1.38 bits per heavy atom. The molecular formula is C15H18O. The summed E-state index contributed by atoms with van der Waals surface area (Å²) in [6.07, 6.45) is 2.71. The third kappa shape index (κ3) is 1.35. The van der Waals surface area contributed by atoms with Crippen LogP contribution in [0.15, 0.2) is 12.6 Å². The lowest BCUT2D eigenvalue weighted by Crippen LogP contribution is -2.19. The molecule has 0 heterocycles. The van der Waals surface area contributed by atoms with Gasteiger partial charge in [-0.15, -0.1) is 0 Å². The molecule has 2 rings (SSSR count). The zero-order valence-corrected chi connectivity index (χ0v) is 10.5. The molecule has 84 valence electrons. The highest BCUT2D eigenvalue weighted by molar-refractivity contribution is 6.06. The summed E-state index contributed by atoms with van der Waals surface area (Å²) >= 11 is 0. The lowest BCUT2D eigenvalue weighted by Gasteiger charge is -2.13. The Hall–Kier alpha value is -1.37. The van der Waals surface area contributed by atoms with Crippen LogP contribution in [-0.2, 0) is 6.42 Å². The molecule has 0 saturated heterocycles. The Balaban J connectivity index is 2.74. The molecular weight excluding hydrogens is 196 g/mol. The first-order chi connectivity index (χ1) is 7.38. The van der Waals surface area contributed by atoms with Gasteiger partial charge in [0.15, 0.2) is 5.78 Å². The normalized spacial score (nSPS) is 17.4. The second-order valence-electron chi connectivity index (χ2n) is 5.36. The minimum absolute atomic E-state index is 0.237. The number of hydrogen-bond acceptors (Lipinski definition) is 1. The van der Waals surface area contributed by atoms with Crippen LogP contribution in [0.25, 0.3) is 6.08 Å². The van der Waals surface area contributed by atoms with Crippen molar-refractivity contribution in [2.75, 3.05) is 0 Å². The zero-order chi connectivity index (χ0) is 12.1. The molecule has 1 nitrogen and oxygen atoms in total. The van der Waals surface area contributed by atoms with E-state index in [2.05, 4.69) is 19.6 Å². The molecule has 1 aliphatic rings. The first-order valence-electron chi connectivity index (χ1n) is 5.69. The van der Waals surface area contributed by atoms with E-state index >= 15 is 0 Å². The number of rotatable bonds is 1. The van der Waals surface area contributed by atoms with E-state index in [0.717, 1.165) is 23.1 Å². The summed E-state index contributed by atoms with van der Waals surface area (Å²) < 4.78 is 0. The molecule has 0 radical (unpaired) electrons. The molecule has 0 fully saturated rings. The van der Waals surface area contributed by atoms with Crippen molar-refractivity contribution in [1.29, 1.82) is 0 Å². The molecule has 1 heteroatoms. The largest absolute Gasteiger partial charge is 0.294 e. The average molecular weight is 214 g/mol. The fourth-order valence-corrected chi connectivity index (χ4v) is 2.75. The molecule has 1 aromatic rings. The molecule has 0 N–H and O–H groups in total. The molecule has 0 unspecified atom stereocenters. The van der Waals surface area contributed by atoms with Gasteiger partial charge in [0, 0.05) is 11.0 Å². The minimum Gasteiger partial charge on any atom is -0.294 e. The highest BCUT2D eigenvalue weighted by Crippen LogP contribution is 2.39. The highest BCUT2D eigenvalue weighted by Gasteiger charge is 2.38. The first-order valence-corrected chi connectivity index (χ1v) is 5.69. The molecule has 1 aliphatic carbocycles. The molecule has 0 aromatic heterocycles. The van der Waals surface area contributed by atoms with Gasteiger partial charge in [-0.05, 0) is 42.5 Å². The molecule has 0 atom stereocenters. The van der Waals surface area contributed by atoms with Crippen molar-refractivity contribution < 1.29 is 4.79 Å². The average Bonchev–Trinajstić information content (AvgIpc) is 2.37. The Morgan fingerprint density at radius 2 is 2.00 bits per heavy atom. The minimum atomic E-state index is -0.237. The van der Waals surface area contributed by atoms with Gasteiger partial charge in [0.1, 0.15) is 0 Å². The molecule has 1 aromatic carbocycles. The van der Waals surface area contributed by atoms with Crippen LogP contribution in [0.3, 0.4) is 0 Å². The fraction of sp³-hybridized carbons (Fsp3) is 0.400. The van der Waals surface area contributed by atoms with Gasteiger partial charge in [-0.2, -0.15) is 0 Å². The van der Waals surface area contributed by atoms with E-state index in [1.807, 2.05) is 26.8 Å². The van der Waals surface area contributed by atoms with Gasteiger partial charge in [0.2, 0.25) is 0 Å². The standard InChI is InChI=1S/C15H18O/c1-6-12-9(2)7-11-8-15(4,5)14(16)13(11)10(12)3/h6-7H,1,8H2,2-5H3. The Labute approximate surface area is 97.2 Å². The van der Waals surface area contributed by atoms with Crippen LogP contribution in [-0.4, -0.2) is 5.78 Å². The third-order valence-corrected chi connectivity index (χ3v) is 3.59. The molecule has 0 spiro atoms. The maximum Gasteiger partial charge on any atom is 0.169 e. The van der Waals surface area contributed by atoms with Crippen molar-refractivity contribution in [2.24, 2.45) is 5.41 Å². The second kappa shape index (κ2) is 3.31. The van der Waals surface area contributed by atoms with Crippen LogP contribution >= 0.6 is 0 Å². The fourth-order valence-electron chi connectivity index (χ4n) is 2.75. The summed E-state index contributed by atoms with van der Waals surface area (Å²) in [5.74, 6) is 0.281. The van der Waals surface area contributed by atoms with Crippen LogP contribution in [0.5, 0.6) is 0 Å². The van der Waals surface area contributed by atoms with E-state index in [1.54, 1.807) is 0 Å². The van der Waals surface area contributed by atoms with Gasteiger partial charge in [-0.25, -0.2) is 0 Å². The van der Waals surface area contributed by atoms with E-state index in [0.29, 0.717) is 0 Å². The van der Waals surface area contributed by atoms with Crippen molar-refractivity contribution in [3.8, 4) is 0 Å². The van der Waals surface area contributed by atoms with Crippen LogP contribution in [0.2, 0.25) is 0 Å². The predicted molar refractivity (Wildman–Crippen MR) is 67.8 cm³/mol. The number of Topliss-reactive ketones (excluding diaryl/α,β-unsaturated/α-hetero) is 1. The third-order valence-electron chi connectivity index (χ3n) is 3.59. The lowest BCUT2D eigenvalue weighted by atomic mass is 9.88. The maximum atomic E-state index is 12.3. The first kappa shape index (κ1) is 11.1. The number of fused-ring (bicyclic) bond motifs is 1. The maximum absolute atomic E-state index is 12.3. The number of ketones is 1. The molecule has 0 saturated carbocycles. The summed E-state index contributed by atoms with van der Waals surface area (Å²) in [7, 11) is 0. The zero-order valence-electron chi connectivity index (χ0n) is 10.5. The van der Waals surface area contributed by atoms with Gasteiger partial charge < -0.3 is 0 Å². The van der Waals surface area contributed by atoms with Crippen molar-refractivity contribution in [1.82, 2.24) is 0 Å². The Bertz CT molecular complexity index is 493. The van der Waals surface area contributed by atoms with E-state index in [1.165, 1.54) is 11.1 Å². The van der Waals surface area contributed by atoms with Crippen LogP contribution < -0.4 is 0 Å². The molecule has 0 amide bonds. The smallest absolute Gasteiger partial charge is 0.169 e. The van der Waals surface area contributed by atoms with E-state index in [9.17, 15) is 4.79 Å². The van der Waals surface area contributed by atoms with E-state index < -0.39 is 0 Å². The van der Waals surface area contributed by atoms with Gasteiger partial charge >= 0.3 is 0 Å². The molecule has 0 aliphatic heterocycles. The molecule has 16 heavy (non-hydrogen) atoms. The summed E-state index contributed by atoms with van der Waals surface area (Å²) in [5.41, 5.74) is 5.34. The lowest BCUT2D eigenvalue weighted by molar-refractivity contribution is 0.0863. The highest BCUT2D eigenvalue weighted by atomic mass is 16.1. The quantitative estimate of drug-likeness (QED) is 0.696. The second-order valence-corrected chi connectivity index (χ2v) is 5.36. The summed E-state index contributed by atoms with van der Waals surface area (Å²) in [5, 5.41) is 0. The van der Waals surface area contributed by atoms with Gasteiger partial charge in [-0.1, -0.05) is 32.6 Å². The number of aryl methyl sites for hydroxylation is 1. The Kier molecular flexibility index (Phi) is 2.30. The monoisotopic (exact) mass is 214 g/mol. The SMILES string of the molecule is C=Cc1c(C)cc2c(c1C)C(=O)C(C)(C)C2. The van der Waals surface area contributed by atoms with Gasteiger partial charge in [0.25, 0.3) is 0 Å². The van der Waals surface area contributed by atoms with Crippen LogP contribution in [0.4, 0.5) is 0 Å². The van der Waals surface area contributed by atoms with Gasteiger partial charge in [-0.3, -0.25) is 4.79 Å². The van der Waals surface area contributed by atoms with E-state index in [4.69, 9.17) is 0 Å². The molecule has 0 bridgehead atoms. The van der Waals surface area contributed by atoms with Crippen molar-refractivity contribution in [3.05, 3.63) is 40.5 Å². The van der Waals surface area contributed by atoms with Crippen molar-refractivity contribution in [2.45, 2.75) is 34.1 Å².